The molecule has 0 spiro atoms. The summed E-state index contributed by atoms with van der Waals surface area (Å²) >= 11 is 0. The van der Waals surface area contributed by atoms with Crippen LogP contribution < -0.4 is 18.5 Å². The van der Waals surface area contributed by atoms with Crippen LogP contribution in [-0.4, -0.2) is 49.3 Å². The van der Waals surface area contributed by atoms with E-state index < -0.39 is 26.1 Å². The summed E-state index contributed by atoms with van der Waals surface area (Å²) in [7, 11) is -7.32. The van der Waals surface area contributed by atoms with Crippen LogP contribution in [0.1, 0.15) is 0 Å². The fourth-order valence-electron chi connectivity index (χ4n) is 5.27. The second-order valence-electron chi connectivity index (χ2n) is 10.9. The van der Waals surface area contributed by atoms with Gasteiger partial charge in [-0.05, 0) is 48.5 Å². The molecule has 0 aliphatic carbocycles. The molecule has 4 aliphatic rings. The zero-order valence-corrected chi connectivity index (χ0v) is 27.5. The summed E-state index contributed by atoms with van der Waals surface area (Å²) in [6.07, 6.45) is 9.75. The molecule has 4 aromatic carbocycles. The van der Waals surface area contributed by atoms with Crippen molar-refractivity contribution < 1.29 is 35.8 Å². The van der Waals surface area contributed by atoms with E-state index >= 15 is 0 Å². The van der Waals surface area contributed by atoms with Gasteiger partial charge in [0.2, 0.25) is 0 Å². The van der Waals surface area contributed by atoms with Gasteiger partial charge in [0, 0.05) is 5.92 Å². The van der Waals surface area contributed by atoms with Crippen LogP contribution in [-0.2, 0) is 29.5 Å². The summed E-state index contributed by atoms with van der Waals surface area (Å²) < 4.78 is 76.5. The average Bonchev–Trinajstić information content (AvgIpc) is 3.30. The van der Waals surface area contributed by atoms with Crippen LogP contribution in [0.5, 0.6) is 23.0 Å². The van der Waals surface area contributed by atoms with Crippen molar-refractivity contribution in [2.45, 2.75) is 15.8 Å². The fraction of sp³-hybridized carbons (Fsp3) is 0.167. The number of nitrogens with zero attached hydrogens (tertiary/aromatic N) is 1. The standard InChI is InChI=1S/C17H15NO4S.C12H9NO3S.C7H10O/c19-23(20)17-10-4-3-9-16(17)22-15-8-2-1-7-14(15)18(23)13-6-5-11-21-12-13;14-17(15)12-8-4-3-7-11(12)16-10-6-2-1-5-9(10)13-17;1-2-7-4-3-5-8-6-7/h1-10,13H,11-12H2;1-8,13H;2-4,7H,1,5-6H2/t13-;;/m1../s1. The monoisotopic (exact) mass is 686 g/mol. The van der Waals surface area contributed by atoms with E-state index in [2.05, 4.69) is 17.4 Å². The van der Waals surface area contributed by atoms with Gasteiger partial charge in [-0.1, -0.05) is 78.9 Å². The lowest BCUT2D eigenvalue weighted by molar-refractivity contribution is 0.139. The van der Waals surface area contributed by atoms with Gasteiger partial charge < -0.3 is 18.9 Å². The van der Waals surface area contributed by atoms with Gasteiger partial charge in [-0.2, -0.15) is 0 Å². The number of fused-ring (bicyclic) bond motifs is 4. The van der Waals surface area contributed by atoms with E-state index in [1.807, 2.05) is 30.4 Å². The molecule has 0 saturated heterocycles. The third kappa shape index (κ3) is 7.16. The zero-order chi connectivity index (χ0) is 33.6. The number of hydrogen-bond donors (Lipinski definition) is 1. The normalized spacial score (nSPS) is 20.6. The Morgan fingerprint density at radius 2 is 1.23 bits per heavy atom. The SMILES string of the molecule is C=CC1C=CCOC1.O=S1(=O)Nc2ccccc2Oc2ccccc21.O=S1(=O)c2ccccc2Oc2ccccc2N1[C@@H]1C=CCOC1. The molecule has 4 aliphatic heterocycles. The Kier molecular flexibility index (Phi) is 9.97. The quantitative estimate of drug-likeness (QED) is 0.226. The Hall–Kier alpha value is -4.88. The smallest absolute Gasteiger partial charge is 0.268 e. The number of ether oxygens (including phenoxy) is 4. The molecule has 2 atom stereocenters. The van der Waals surface area contributed by atoms with E-state index in [4.69, 9.17) is 18.9 Å². The number of benzene rings is 4. The van der Waals surface area contributed by atoms with Crippen molar-refractivity contribution in [1.29, 1.82) is 0 Å². The largest absolute Gasteiger partial charge is 0.454 e. The van der Waals surface area contributed by atoms with Gasteiger partial charge in [-0.15, -0.1) is 6.58 Å². The molecule has 1 unspecified atom stereocenters. The second-order valence-corrected chi connectivity index (χ2v) is 14.3. The van der Waals surface area contributed by atoms with E-state index in [-0.39, 0.29) is 9.79 Å². The van der Waals surface area contributed by atoms with Crippen LogP contribution in [0.4, 0.5) is 11.4 Å². The Morgan fingerprint density at radius 3 is 1.88 bits per heavy atom. The van der Waals surface area contributed by atoms with Crippen LogP contribution >= 0.6 is 0 Å². The predicted octanol–water partition coefficient (Wildman–Crippen LogP) is 6.91. The van der Waals surface area contributed by atoms with Crippen molar-refractivity contribution >= 4 is 31.4 Å². The molecule has 1 N–H and O–H groups in total. The number of anilines is 2. The first-order valence-electron chi connectivity index (χ1n) is 15.2. The van der Waals surface area contributed by atoms with Crippen molar-refractivity contribution in [1.82, 2.24) is 0 Å². The number of rotatable bonds is 2. The van der Waals surface area contributed by atoms with Gasteiger partial charge in [0.25, 0.3) is 20.0 Å². The molecule has 0 fully saturated rings. The van der Waals surface area contributed by atoms with Crippen molar-refractivity contribution in [2.24, 2.45) is 5.92 Å². The third-order valence-corrected chi connectivity index (χ3v) is 10.9. The number of nitrogens with one attached hydrogen (secondary N) is 1. The van der Waals surface area contributed by atoms with Crippen LogP contribution in [0, 0.1) is 5.92 Å². The summed E-state index contributed by atoms with van der Waals surface area (Å²) in [4.78, 5) is 0.311. The average molecular weight is 687 g/mol. The van der Waals surface area contributed by atoms with Crippen LogP contribution in [0.3, 0.4) is 0 Å². The molecule has 0 bridgehead atoms. The van der Waals surface area contributed by atoms with Crippen LogP contribution in [0.25, 0.3) is 0 Å². The number of sulfonamides is 2. The molecule has 12 heteroatoms. The lowest BCUT2D eigenvalue weighted by Gasteiger charge is -2.31. The Morgan fingerprint density at radius 1 is 0.667 bits per heavy atom. The summed E-state index contributed by atoms with van der Waals surface area (Å²) in [5, 5.41) is 0. The van der Waals surface area contributed by atoms with E-state index in [9.17, 15) is 16.8 Å². The van der Waals surface area contributed by atoms with E-state index in [1.165, 1.54) is 10.4 Å². The molecule has 4 aromatic rings. The highest BCUT2D eigenvalue weighted by Gasteiger charge is 2.37. The highest BCUT2D eigenvalue weighted by Crippen LogP contribution is 2.43. The van der Waals surface area contributed by atoms with Gasteiger partial charge in [-0.3, -0.25) is 9.03 Å². The lowest BCUT2D eigenvalue weighted by atomic mass is 10.1. The van der Waals surface area contributed by atoms with Crippen molar-refractivity contribution in [3.63, 3.8) is 0 Å². The molecular weight excluding hydrogens is 653 g/mol. The lowest BCUT2D eigenvalue weighted by Crippen LogP contribution is -2.42. The second kappa shape index (κ2) is 14.5. The minimum absolute atomic E-state index is 0.149. The molecule has 0 saturated carbocycles. The molecule has 0 aromatic heterocycles. The van der Waals surface area contributed by atoms with Crippen molar-refractivity contribution in [3.05, 3.63) is 134 Å². The van der Waals surface area contributed by atoms with E-state index in [0.717, 1.165) is 13.2 Å². The minimum Gasteiger partial charge on any atom is -0.454 e. The molecule has 48 heavy (non-hydrogen) atoms. The van der Waals surface area contributed by atoms with Gasteiger partial charge in [0.15, 0.2) is 11.5 Å². The van der Waals surface area contributed by atoms with E-state index in [0.29, 0.717) is 53.5 Å². The molecule has 8 rings (SSSR count). The van der Waals surface area contributed by atoms with Gasteiger partial charge in [0.05, 0.1) is 43.8 Å². The molecule has 0 amide bonds. The Bertz CT molecular complexity index is 2060. The Labute approximate surface area is 280 Å². The molecule has 0 radical (unpaired) electrons. The van der Waals surface area contributed by atoms with E-state index in [1.54, 1.807) is 84.9 Å². The molecule has 10 nitrogen and oxygen atoms in total. The highest BCUT2D eigenvalue weighted by molar-refractivity contribution is 7.93. The first-order chi connectivity index (χ1) is 23.3. The first kappa shape index (κ1) is 33.0. The molecule has 4 heterocycles. The van der Waals surface area contributed by atoms with Crippen LogP contribution in [0.2, 0.25) is 0 Å². The maximum Gasteiger partial charge on any atom is 0.268 e. The third-order valence-electron chi connectivity index (χ3n) is 7.57. The summed E-state index contributed by atoms with van der Waals surface area (Å²) in [6, 6.07) is 26.9. The van der Waals surface area contributed by atoms with Crippen molar-refractivity contribution in [3.8, 4) is 23.0 Å². The number of para-hydroxylation sites is 6. The maximum absolute atomic E-state index is 13.2. The highest BCUT2D eigenvalue weighted by atomic mass is 32.2. The van der Waals surface area contributed by atoms with Gasteiger partial charge in [-0.25, -0.2) is 16.8 Å². The summed E-state index contributed by atoms with van der Waals surface area (Å²) in [5.74, 6) is 2.14. The molecular formula is C36H34N2O8S2. The molecule has 248 valence electrons. The Balaban J connectivity index is 0.000000140. The minimum atomic E-state index is -3.76. The maximum atomic E-state index is 13.2. The van der Waals surface area contributed by atoms with Gasteiger partial charge in [0.1, 0.15) is 21.3 Å². The predicted molar refractivity (Wildman–Crippen MR) is 184 cm³/mol. The first-order valence-corrected chi connectivity index (χ1v) is 18.1. The number of hydrogen-bond acceptors (Lipinski definition) is 8. The zero-order valence-electron chi connectivity index (χ0n) is 25.8. The summed E-state index contributed by atoms with van der Waals surface area (Å²) in [5.41, 5.74) is 0.965. The van der Waals surface area contributed by atoms with Gasteiger partial charge >= 0.3 is 0 Å². The topological polar surface area (TPSA) is 120 Å². The fourth-order valence-corrected chi connectivity index (χ4v) is 8.20. The van der Waals surface area contributed by atoms with Crippen molar-refractivity contribution in [2.75, 3.05) is 35.5 Å². The summed E-state index contributed by atoms with van der Waals surface area (Å²) in [6.45, 7) is 6.04. The van der Waals surface area contributed by atoms with Crippen LogP contribution in [0.15, 0.2) is 144 Å².